The smallest absolute Gasteiger partial charge is 0.225 e. The van der Waals surface area contributed by atoms with Gasteiger partial charge >= 0.3 is 0 Å². The second-order valence-corrected chi connectivity index (χ2v) is 5.82. The molecule has 0 saturated heterocycles. The predicted octanol–water partition coefficient (Wildman–Crippen LogP) is 2.43. The Morgan fingerprint density at radius 1 is 1.40 bits per heavy atom. The lowest BCUT2D eigenvalue weighted by Crippen LogP contribution is -2.38. The van der Waals surface area contributed by atoms with Crippen LogP contribution in [0.5, 0.6) is 0 Å². The summed E-state index contributed by atoms with van der Waals surface area (Å²) >= 11 is 0. The van der Waals surface area contributed by atoms with Crippen molar-refractivity contribution in [3.63, 3.8) is 0 Å². The monoisotopic (exact) mass is 272 g/mol. The van der Waals surface area contributed by atoms with E-state index in [1.54, 1.807) is 19.0 Å². The zero-order valence-electron chi connectivity index (χ0n) is 12.2. The average Bonchev–Trinajstić information content (AvgIpc) is 2.79. The van der Waals surface area contributed by atoms with Gasteiger partial charge in [-0.1, -0.05) is 18.2 Å². The van der Waals surface area contributed by atoms with Crippen molar-refractivity contribution in [3.8, 4) is 0 Å². The molecule has 1 aromatic heterocycles. The lowest BCUT2D eigenvalue weighted by atomic mass is 9.89. The third-order valence-corrected chi connectivity index (χ3v) is 4.10. The van der Waals surface area contributed by atoms with E-state index in [9.17, 15) is 4.79 Å². The summed E-state index contributed by atoms with van der Waals surface area (Å²) in [7, 11) is 3.56. The van der Waals surface area contributed by atoms with E-state index in [4.69, 9.17) is 4.74 Å². The topological polar surface area (TPSA) is 45.3 Å². The number of hydrogen-bond donors (Lipinski definition) is 1. The Morgan fingerprint density at radius 3 is 2.90 bits per heavy atom. The summed E-state index contributed by atoms with van der Waals surface area (Å²) in [6.45, 7) is 2.66. The van der Waals surface area contributed by atoms with Gasteiger partial charge in [-0.05, 0) is 25.0 Å². The molecule has 3 rings (SSSR count). The molecule has 1 unspecified atom stereocenters. The van der Waals surface area contributed by atoms with Crippen molar-refractivity contribution in [2.45, 2.75) is 25.4 Å². The first-order valence-corrected chi connectivity index (χ1v) is 6.95. The summed E-state index contributed by atoms with van der Waals surface area (Å²) in [5.41, 5.74) is 2.90. The molecule has 1 N–H and O–H groups in total. The number of fused-ring (bicyclic) bond motifs is 3. The second-order valence-electron chi connectivity index (χ2n) is 5.82. The van der Waals surface area contributed by atoms with Crippen LogP contribution in [0.2, 0.25) is 0 Å². The Bertz CT molecular complexity index is 660. The van der Waals surface area contributed by atoms with Crippen LogP contribution in [0, 0.1) is 0 Å². The summed E-state index contributed by atoms with van der Waals surface area (Å²) in [4.78, 5) is 17.1. The molecule has 4 heteroatoms. The first-order chi connectivity index (χ1) is 9.51. The van der Waals surface area contributed by atoms with Crippen molar-refractivity contribution < 1.29 is 9.53 Å². The molecule has 1 aromatic carbocycles. The van der Waals surface area contributed by atoms with Gasteiger partial charge in [-0.3, -0.25) is 4.79 Å². The zero-order chi connectivity index (χ0) is 14.3. The third kappa shape index (κ3) is 2.00. The van der Waals surface area contributed by atoms with Gasteiger partial charge in [0.2, 0.25) is 5.91 Å². The van der Waals surface area contributed by atoms with Crippen LogP contribution in [0.3, 0.4) is 0 Å². The first-order valence-electron chi connectivity index (χ1n) is 6.95. The fourth-order valence-corrected chi connectivity index (χ4v) is 2.95. The van der Waals surface area contributed by atoms with Gasteiger partial charge in [-0.15, -0.1) is 0 Å². The molecule has 0 bridgehead atoms. The zero-order valence-corrected chi connectivity index (χ0v) is 12.2. The number of nitrogens with zero attached hydrogens (tertiary/aromatic N) is 1. The molecular weight excluding hydrogens is 252 g/mol. The SMILES string of the molecule is CN(C)C(=O)CC1(C)OCCc2c1[nH]c1ccccc21. The van der Waals surface area contributed by atoms with Crippen molar-refractivity contribution >= 4 is 16.8 Å². The third-order valence-electron chi connectivity index (χ3n) is 4.10. The fraction of sp³-hybridized carbons (Fsp3) is 0.438. The van der Waals surface area contributed by atoms with Gasteiger partial charge in [0, 0.05) is 25.0 Å². The van der Waals surface area contributed by atoms with Crippen LogP contribution >= 0.6 is 0 Å². The van der Waals surface area contributed by atoms with Gasteiger partial charge in [0.1, 0.15) is 5.60 Å². The number of hydrogen-bond acceptors (Lipinski definition) is 2. The van der Waals surface area contributed by atoms with Crippen LogP contribution in [-0.4, -0.2) is 36.5 Å². The first kappa shape index (κ1) is 13.2. The highest BCUT2D eigenvalue weighted by atomic mass is 16.5. The molecule has 1 atom stereocenters. The van der Waals surface area contributed by atoms with E-state index in [0.29, 0.717) is 13.0 Å². The lowest BCUT2D eigenvalue weighted by Gasteiger charge is -2.34. The minimum absolute atomic E-state index is 0.0824. The Morgan fingerprint density at radius 2 is 2.15 bits per heavy atom. The number of benzene rings is 1. The van der Waals surface area contributed by atoms with Gasteiger partial charge in [0.05, 0.1) is 18.7 Å². The molecule has 1 amide bonds. The maximum atomic E-state index is 12.1. The Balaban J connectivity index is 2.07. The number of aromatic amines is 1. The van der Waals surface area contributed by atoms with Crippen molar-refractivity contribution in [3.05, 3.63) is 35.5 Å². The number of amides is 1. The van der Waals surface area contributed by atoms with Gasteiger partial charge in [0.25, 0.3) is 0 Å². The lowest BCUT2D eigenvalue weighted by molar-refractivity contribution is -0.138. The molecule has 4 nitrogen and oxygen atoms in total. The van der Waals surface area contributed by atoms with E-state index in [-0.39, 0.29) is 5.91 Å². The Kier molecular flexibility index (Phi) is 3.05. The maximum Gasteiger partial charge on any atom is 0.225 e. The van der Waals surface area contributed by atoms with Gasteiger partial charge in [-0.25, -0.2) is 0 Å². The molecule has 0 radical (unpaired) electrons. The number of carbonyl (C=O) groups excluding carboxylic acids is 1. The molecule has 20 heavy (non-hydrogen) atoms. The average molecular weight is 272 g/mol. The van der Waals surface area contributed by atoms with E-state index in [1.807, 2.05) is 19.1 Å². The number of ether oxygens (including phenoxy) is 1. The van der Waals surface area contributed by atoms with Crippen LogP contribution in [0.25, 0.3) is 10.9 Å². The van der Waals surface area contributed by atoms with Crippen LogP contribution in [0.4, 0.5) is 0 Å². The highest BCUT2D eigenvalue weighted by Crippen LogP contribution is 2.39. The Hall–Kier alpha value is -1.81. The summed E-state index contributed by atoms with van der Waals surface area (Å²) in [5, 5.41) is 1.24. The normalized spacial score (nSPS) is 21.8. The molecule has 0 aliphatic carbocycles. The fourth-order valence-electron chi connectivity index (χ4n) is 2.95. The largest absolute Gasteiger partial charge is 0.368 e. The molecular formula is C16H20N2O2. The molecule has 1 aliphatic rings. The summed E-state index contributed by atoms with van der Waals surface area (Å²) in [5.74, 6) is 0.0824. The molecule has 1 aliphatic heterocycles. The second kappa shape index (κ2) is 4.63. The molecule has 0 fully saturated rings. The molecule has 0 saturated carbocycles. The Labute approximate surface area is 118 Å². The summed E-state index contributed by atoms with van der Waals surface area (Å²) in [6, 6.07) is 8.27. The quantitative estimate of drug-likeness (QED) is 0.912. The van der Waals surface area contributed by atoms with Crippen molar-refractivity contribution in [1.29, 1.82) is 0 Å². The van der Waals surface area contributed by atoms with E-state index < -0.39 is 5.60 Å². The van der Waals surface area contributed by atoms with Crippen LogP contribution < -0.4 is 0 Å². The number of para-hydroxylation sites is 1. The molecule has 2 aromatic rings. The predicted molar refractivity (Wildman–Crippen MR) is 78.6 cm³/mol. The number of rotatable bonds is 2. The minimum atomic E-state index is -0.562. The maximum absolute atomic E-state index is 12.1. The van der Waals surface area contributed by atoms with Gasteiger partial charge in [0.15, 0.2) is 0 Å². The van der Waals surface area contributed by atoms with Crippen molar-refractivity contribution in [2.24, 2.45) is 0 Å². The molecule has 106 valence electrons. The van der Waals surface area contributed by atoms with E-state index in [1.165, 1.54) is 10.9 Å². The number of carbonyl (C=O) groups is 1. The van der Waals surface area contributed by atoms with Gasteiger partial charge < -0.3 is 14.6 Å². The number of nitrogens with one attached hydrogen (secondary N) is 1. The van der Waals surface area contributed by atoms with Crippen molar-refractivity contribution in [2.75, 3.05) is 20.7 Å². The molecule has 2 heterocycles. The van der Waals surface area contributed by atoms with E-state index >= 15 is 0 Å². The highest BCUT2D eigenvalue weighted by Gasteiger charge is 2.38. The summed E-state index contributed by atoms with van der Waals surface area (Å²) < 4.78 is 5.96. The van der Waals surface area contributed by atoms with E-state index in [0.717, 1.165) is 17.6 Å². The highest BCUT2D eigenvalue weighted by molar-refractivity contribution is 5.86. The minimum Gasteiger partial charge on any atom is -0.368 e. The van der Waals surface area contributed by atoms with Gasteiger partial charge in [-0.2, -0.15) is 0 Å². The summed E-state index contributed by atoms with van der Waals surface area (Å²) in [6.07, 6.45) is 1.25. The van der Waals surface area contributed by atoms with Crippen LogP contribution in [-0.2, 0) is 21.6 Å². The van der Waals surface area contributed by atoms with Crippen LogP contribution in [0.15, 0.2) is 24.3 Å². The van der Waals surface area contributed by atoms with Crippen LogP contribution in [0.1, 0.15) is 24.6 Å². The number of aromatic nitrogens is 1. The molecule has 0 spiro atoms. The number of H-pyrrole nitrogens is 1. The van der Waals surface area contributed by atoms with E-state index in [2.05, 4.69) is 17.1 Å². The standard InChI is InChI=1S/C16H20N2O2/c1-16(10-14(19)18(2)3)15-12(8-9-20-16)11-6-4-5-7-13(11)17-15/h4-7,17H,8-10H2,1-3H3. The van der Waals surface area contributed by atoms with Crippen molar-refractivity contribution in [1.82, 2.24) is 9.88 Å².